The van der Waals surface area contributed by atoms with Gasteiger partial charge in [-0.25, -0.2) is 0 Å². The lowest BCUT2D eigenvalue weighted by Crippen LogP contribution is -2.41. The first-order valence-electron chi connectivity index (χ1n) is 5.59. The zero-order chi connectivity index (χ0) is 11.5. The van der Waals surface area contributed by atoms with Gasteiger partial charge in [-0.05, 0) is 32.1 Å². The van der Waals surface area contributed by atoms with E-state index in [2.05, 4.69) is 12.2 Å². The van der Waals surface area contributed by atoms with E-state index in [0.29, 0.717) is 6.54 Å². The zero-order valence-electron chi connectivity index (χ0n) is 9.89. The summed E-state index contributed by atoms with van der Waals surface area (Å²) in [4.78, 5) is 11.7. The maximum absolute atomic E-state index is 11.7. The van der Waals surface area contributed by atoms with E-state index in [9.17, 15) is 4.79 Å². The van der Waals surface area contributed by atoms with Gasteiger partial charge < -0.3 is 5.32 Å². The monoisotopic (exact) mass is 208 g/mol. The van der Waals surface area contributed by atoms with Gasteiger partial charge in [0.25, 0.3) is 0 Å². The third-order valence-electron chi connectivity index (χ3n) is 3.33. The number of nitrogens with one attached hydrogen (secondary N) is 1. The van der Waals surface area contributed by atoms with E-state index in [4.69, 9.17) is 5.26 Å². The van der Waals surface area contributed by atoms with Crippen molar-refractivity contribution < 1.29 is 4.79 Å². The summed E-state index contributed by atoms with van der Waals surface area (Å²) in [5.74, 6) is -0.155. The smallest absolute Gasteiger partial charge is 0.239 e. The minimum Gasteiger partial charge on any atom is -0.354 e. The van der Waals surface area contributed by atoms with Gasteiger partial charge in [-0.15, -0.1) is 0 Å². The summed E-state index contributed by atoms with van der Waals surface area (Å²) in [5.41, 5.74) is -0.657. The van der Waals surface area contributed by atoms with Gasteiger partial charge in [0, 0.05) is 6.54 Å². The molecule has 0 aromatic heterocycles. The van der Waals surface area contributed by atoms with Crippen LogP contribution >= 0.6 is 0 Å². The van der Waals surface area contributed by atoms with Crippen molar-refractivity contribution in [1.29, 1.82) is 5.26 Å². The van der Waals surface area contributed by atoms with E-state index in [-0.39, 0.29) is 11.3 Å². The second-order valence-corrected chi connectivity index (χ2v) is 5.44. The lowest BCUT2D eigenvalue weighted by atomic mass is 9.88. The molecule has 3 nitrogen and oxygen atoms in total. The van der Waals surface area contributed by atoms with E-state index in [1.54, 1.807) is 13.8 Å². The standard InChI is InChI=1S/C12H20N2O/c1-11(2,8-13)10(15)14-9-12(3)6-4-5-7-12/h4-7,9H2,1-3H3,(H,14,15). The summed E-state index contributed by atoms with van der Waals surface area (Å²) >= 11 is 0. The minimum absolute atomic E-state index is 0.155. The molecule has 0 aliphatic heterocycles. The normalized spacial score (nSPS) is 19.6. The fourth-order valence-corrected chi connectivity index (χ4v) is 1.97. The van der Waals surface area contributed by atoms with Gasteiger partial charge in [-0.2, -0.15) is 5.26 Å². The van der Waals surface area contributed by atoms with Crippen molar-refractivity contribution in [2.75, 3.05) is 6.54 Å². The molecule has 0 bridgehead atoms. The number of hydrogen-bond donors (Lipinski definition) is 1. The molecule has 1 rings (SSSR count). The van der Waals surface area contributed by atoms with Crippen LogP contribution < -0.4 is 5.32 Å². The third kappa shape index (κ3) is 2.95. The first kappa shape index (κ1) is 12.0. The Morgan fingerprint density at radius 1 is 1.47 bits per heavy atom. The maximum atomic E-state index is 11.7. The Morgan fingerprint density at radius 3 is 2.47 bits per heavy atom. The minimum atomic E-state index is -0.908. The number of nitrogens with zero attached hydrogens (tertiary/aromatic N) is 1. The molecule has 0 aromatic rings. The van der Waals surface area contributed by atoms with Crippen molar-refractivity contribution in [2.45, 2.75) is 46.5 Å². The van der Waals surface area contributed by atoms with Gasteiger partial charge in [0.15, 0.2) is 0 Å². The fourth-order valence-electron chi connectivity index (χ4n) is 1.97. The van der Waals surface area contributed by atoms with E-state index < -0.39 is 5.41 Å². The molecule has 84 valence electrons. The molecule has 0 saturated heterocycles. The lowest BCUT2D eigenvalue weighted by molar-refractivity contribution is -0.127. The van der Waals surface area contributed by atoms with Crippen LogP contribution in [0.15, 0.2) is 0 Å². The maximum Gasteiger partial charge on any atom is 0.239 e. The Morgan fingerprint density at radius 2 is 2.00 bits per heavy atom. The molecular weight excluding hydrogens is 188 g/mol. The largest absolute Gasteiger partial charge is 0.354 e. The summed E-state index contributed by atoms with van der Waals surface area (Å²) in [5, 5.41) is 11.7. The van der Waals surface area contributed by atoms with Gasteiger partial charge in [0.2, 0.25) is 5.91 Å². The number of rotatable bonds is 3. The van der Waals surface area contributed by atoms with E-state index >= 15 is 0 Å². The fraction of sp³-hybridized carbons (Fsp3) is 0.833. The highest BCUT2D eigenvalue weighted by atomic mass is 16.2. The molecular formula is C12H20N2O. The first-order chi connectivity index (χ1) is 6.90. The number of nitriles is 1. The Bertz CT molecular complexity index is 282. The third-order valence-corrected chi connectivity index (χ3v) is 3.33. The Balaban J connectivity index is 2.44. The summed E-state index contributed by atoms with van der Waals surface area (Å²) in [6.45, 7) is 6.22. The zero-order valence-corrected chi connectivity index (χ0v) is 9.89. The van der Waals surface area contributed by atoms with Gasteiger partial charge in [0.05, 0.1) is 6.07 Å². The second kappa shape index (κ2) is 4.22. The first-order valence-corrected chi connectivity index (χ1v) is 5.59. The molecule has 1 amide bonds. The van der Waals surface area contributed by atoms with Gasteiger partial charge in [0.1, 0.15) is 5.41 Å². The topological polar surface area (TPSA) is 52.9 Å². The van der Waals surface area contributed by atoms with Crippen LogP contribution in [0.2, 0.25) is 0 Å². The molecule has 0 heterocycles. The van der Waals surface area contributed by atoms with Crippen molar-refractivity contribution >= 4 is 5.91 Å². The Kier molecular flexibility index (Phi) is 3.38. The molecule has 0 spiro atoms. The molecule has 1 aliphatic rings. The van der Waals surface area contributed by atoms with Crippen LogP contribution in [0.25, 0.3) is 0 Å². The average molecular weight is 208 g/mol. The lowest BCUT2D eigenvalue weighted by Gasteiger charge is -2.25. The van der Waals surface area contributed by atoms with Crippen molar-refractivity contribution in [3.63, 3.8) is 0 Å². The number of hydrogen-bond acceptors (Lipinski definition) is 2. The van der Waals surface area contributed by atoms with Crippen molar-refractivity contribution in [2.24, 2.45) is 10.8 Å². The number of carbonyl (C=O) groups is 1. The summed E-state index contributed by atoms with van der Waals surface area (Å²) in [6.07, 6.45) is 4.88. The van der Waals surface area contributed by atoms with Crippen LogP contribution in [-0.2, 0) is 4.79 Å². The van der Waals surface area contributed by atoms with Gasteiger partial charge in [-0.3, -0.25) is 4.79 Å². The van der Waals surface area contributed by atoms with Crippen LogP contribution in [0.4, 0.5) is 0 Å². The molecule has 1 aliphatic carbocycles. The van der Waals surface area contributed by atoms with Crippen LogP contribution in [0.5, 0.6) is 0 Å². The predicted octanol–water partition coefficient (Wildman–Crippen LogP) is 2.23. The van der Waals surface area contributed by atoms with Crippen molar-refractivity contribution in [3.8, 4) is 6.07 Å². The van der Waals surface area contributed by atoms with Crippen LogP contribution in [-0.4, -0.2) is 12.5 Å². The van der Waals surface area contributed by atoms with E-state index in [1.165, 1.54) is 25.7 Å². The molecule has 0 atom stereocenters. The highest BCUT2D eigenvalue weighted by Gasteiger charge is 2.32. The van der Waals surface area contributed by atoms with Crippen LogP contribution in [0.1, 0.15) is 46.5 Å². The summed E-state index contributed by atoms with van der Waals surface area (Å²) in [6, 6.07) is 2.02. The van der Waals surface area contributed by atoms with Gasteiger partial charge >= 0.3 is 0 Å². The Labute approximate surface area is 91.9 Å². The predicted molar refractivity (Wildman–Crippen MR) is 59.0 cm³/mol. The molecule has 0 unspecified atom stereocenters. The number of carbonyl (C=O) groups excluding carboxylic acids is 1. The highest BCUT2D eigenvalue weighted by Crippen LogP contribution is 2.36. The van der Waals surface area contributed by atoms with E-state index in [1.807, 2.05) is 6.07 Å². The molecule has 1 N–H and O–H groups in total. The average Bonchev–Trinajstić information content (AvgIpc) is 2.62. The number of amides is 1. The second-order valence-electron chi connectivity index (χ2n) is 5.44. The molecule has 0 radical (unpaired) electrons. The van der Waals surface area contributed by atoms with Crippen molar-refractivity contribution in [1.82, 2.24) is 5.32 Å². The van der Waals surface area contributed by atoms with Gasteiger partial charge in [-0.1, -0.05) is 19.8 Å². The summed E-state index contributed by atoms with van der Waals surface area (Å²) < 4.78 is 0. The quantitative estimate of drug-likeness (QED) is 0.773. The molecule has 3 heteroatoms. The van der Waals surface area contributed by atoms with Crippen LogP contribution in [0, 0.1) is 22.2 Å². The summed E-state index contributed by atoms with van der Waals surface area (Å²) in [7, 11) is 0. The molecule has 1 fully saturated rings. The highest BCUT2D eigenvalue weighted by molar-refractivity contribution is 5.84. The van der Waals surface area contributed by atoms with Crippen molar-refractivity contribution in [3.05, 3.63) is 0 Å². The molecule has 1 saturated carbocycles. The van der Waals surface area contributed by atoms with Crippen LogP contribution in [0.3, 0.4) is 0 Å². The molecule has 0 aromatic carbocycles. The van der Waals surface area contributed by atoms with E-state index in [0.717, 1.165) is 0 Å². The molecule has 15 heavy (non-hydrogen) atoms. The SMILES string of the molecule is CC1(CNC(=O)C(C)(C)C#N)CCCC1. The Hall–Kier alpha value is -1.04.